The summed E-state index contributed by atoms with van der Waals surface area (Å²) >= 11 is 0. The number of carbonyl (C=O) groups excluding carboxylic acids is 1. The van der Waals surface area contributed by atoms with E-state index in [1.165, 1.54) is 0 Å². The molecule has 0 atom stereocenters. The van der Waals surface area contributed by atoms with Gasteiger partial charge in [-0.25, -0.2) is 9.97 Å². The monoisotopic (exact) mass is 343 g/mol. The Kier molecular flexibility index (Phi) is 6.89. The zero-order valence-electron chi connectivity index (χ0n) is 15.2. The zero-order chi connectivity index (χ0) is 18.2. The normalized spacial score (nSPS) is 10.8. The van der Waals surface area contributed by atoms with Crippen molar-refractivity contribution in [1.82, 2.24) is 15.3 Å². The average molecular weight is 343 g/mol. The second kappa shape index (κ2) is 9.13. The van der Waals surface area contributed by atoms with E-state index in [9.17, 15) is 4.79 Å². The molecular formula is C19H25N3O3. The second-order valence-electron chi connectivity index (χ2n) is 5.95. The molecule has 0 bridgehead atoms. The largest absolute Gasteiger partial charge is 0.497 e. The first-order valence-electron chi connectivity index (χ1n) is 8.39. The minimum atomic E-state index is -0.164. The minimum absolute atomic E-state index is 0.164. The second-order valence-corrected chi connectivity index (χ2v) is 5.95. The highest BCUT2D eigenvalue weighted by molar-refractivity contribution is 5.95. The number of amides is 1. The molecule has 1 aromatic heterocycles. The Morgan fingerprint density at radius 1 is 1.24 bits per heavy atom. The van der Waals surface area contributed by atoms with Gasteiger partial charge in [0.25, 0.3) is 5.91 Å². The number of benzene rings is 1. The molecule has 0 saturated carbocycles. The van der Waals surface area contributed by atoms with Crippen LogP contribution in [0.1, 0.15) is 36.3 Å². The first kappa shape index (κ1) is 18.9. The van der Waals surface area contributed by atoms with Crippen LogP contribution >= 0.6 is 0 Å². The summed E-state index contributed by atoms with van der Waals surface area (Å²) in [6, 6.07) is 7.49. The van der Waals surface area contributed by atoms with E-state index in [0.29, 0.717) is 30.2 Å². The number of hydrogen-bond donors (Lipinski definition) is 1. The van der Waals surface area contributed by atoms with Gasteiger partial charge in [-0.2, -0.15) is 0 Å². The molecule has 6 heteroatoms. The van der Waals surface area contributed by atoms with Gasteiger partial charge in [0, 0.05) is 24.9 Å². The van der Waals surface area contributed by atoms with Gasteiger partial charge >= 0.3 is 0 Å². The first-order valence-corrected chi connectivity index (χ1v) is 8.39. The van der Waals surface area contributed by atoms with Gasteiger partial charge in [-0.1, -0.05) is 0 Å². The molecular weight excluding hydrogens is 318 g/mol. The summed E-state index contributed by atoms with van der Waals surface area (Å²) in [6.07, 6.45) is 2.55. The van der Waals surface area contributed by atoms with Crippen molar-refractivity contribution in [1.29, 1.82) is 0 Å². The molecule has 0 aliphatic carbocycles. The van der Waals surface area contributed by atoms with Crippen molar-refractivity contribution in [2.75, 3.05) is 20.3 Å². The van der Waals surface area contributed by atoms with E-state index in [2.05, 4.69) is 15.3 Å². The summed E-state index contributed by atoms with van der Waals surface area (Å²) in [5.74, 6) is 1.20. The van der Waals surface area contributed by atoms with Crippen molar-refractivity contribution in [3.05, 3.63) is 41.7 Å². The summed E-state index contributed by atoms with van der Waals surface area (Å²) in [4.78, 5) is 21.0. The quantitative estimate of drug-likeness (QED) is 0.746. The smallest absolute Gasteiger partial charge is 0.254 e. The Morgan fingerprint density at radius 3 is 2.56 bits per heavy atom. The number of nitrogens with one attached hydrogen (secondary N) is 1. The summed E-state index contributed by atoms with van der Waals surface area (Å²) in [5, 5.41) is 2.87. The van der Waals surface area contributed by atoms with Crippen LogP contribution in [0.5, 0.6) is 5.75 Å². The van der Waals surface area contributed by atoms with Crippen LogP contribution < -0.4 is 10.1 Å². The molecule has 0 unspecified atom stereocenters. The lowest BCUT2D eigenvalue weighted by Crippen LogP contribution is -2.26. The number of carbonyl (C=O) groups is 1. The Balaban J connectivity index is 1.97. The molecule has 2 rings (SSSR count). The Bertz CT molecular complexity index is 700. The molecule has 0 aliphatic rings. The van der Waals surface area contributed by atoms with Gasteiger partial charge in [-0.15, -0.1) is 0 Å². The fourth-order valence-corrected chi connectivity index (χ4v) is 2.26. The van der Waals surface area contributed by atoms with Crippen molar-refractivity contribution in [3.63, 3.8) is 0 Å². The predicted octanol–water partition coefficient (Wildman–Crippen LogP) is 3.01. The molecule has 0 fully saturated rings. The highest BCUT2D eigenvalue weighted by Crippen LogP contribution is 2.19. The van der Waals surface area contributed by atoms with E-state index in [0.717, 1.165) is 17.7 Å². The van der Waals surface area contributed by atoms with Crippen LogP contribution in [0.2, 0.25) is 0 Å². The molecule has 1 amide bonds. The molecule has 0 spiro atoms. The zero-order valence-corrected chi connectivity index (χ0v) is 15.2. The van der Waals surface area contributed by atoms with Gasteiger partial charge in [0.15, 0.2) is 5.82 Å². The predicted molar refractivity (Wildman–Crippen MR) is 96.8 cm³/mol. The molecule has 2 aromatic rings. The molecule has 1 aromatic carbocycles. The SMILES string of the molecule is COc1ccc(-c2ncc(C(=O)NCCCOC(C)C)c(C)n2)cc1. The third-order valence-electron chi connectivity index (χ3n) is 3.63. The van der Waals surface area contributed by atoms with Crippen LogP contribution in [0.4, 0.5) is 0 Å². The molecule has 25 heavy (non-hydrogen) atoms. The van der Waals surface area contributed by atoms with Gasteiger partial charge < -0.3 is 14.8 Å². The lowest BCUT2D eigenvalue weighted by atomic mass is 10.1. The van der Waals surface area contributed by atoms with E-state index in [1.54, 1.807) is 13.3 Å². The summed E-state index contributed by atoms with van der Waals surface area (Å²) in [5.41, 5.74) is 2.01. The number of aromatic nitrogens is 2. The minimum Gasteiger partial charge on any atom is -0.497 e. The molecule has 134 valence electrons. The Hall–Kier alpha value is -2.47. The van der Waals surface area contributed by atoms with Crippen molar-refractivity contribution in [2.24, 2.45) is 0 Å². The maximum atomic E-state index is 12.2. The van der Waals surface area contributed by atoms with E-state index >= 15 is 0 Å². The van der Waals surface area contributed by atoms with Gasteiger partial charge in [0.2, 0.25) is 0 Å². The van der Waals surface area contributed by atoms with Crippen molar-refractivity contribution in [2.45, 2.75) is 33.3 Å². The van der Waals surface area contributed by atoms with Gasteiger partial charge in [-0.05, 0) is 51.5 Å². The fourth-order valence-electron chi connectivity index (χ4n) is 2.26. The maximum absolute atomic E-state index is 12.2. The molecule has 6 nitrogen and oxygen atoms in total. The standard InChI is InChI=1S/C19H25N3O3/c1-13(2)25-11-5-10-20-19(23)17-12-21-18(22-14(17)3)15-6-8-16(24-4)9-7-15/h6-9,12-13H,5,10-11H2,1-4H3,(H,20,23). The topological polar surface area (TPSA) is 73.3 Å². The number of hydrogen-bond acceptors (Lipinski definition) is 5. The van der Waals surface area contributed by atoms with Gasteiger partial charge in [0.05, 0.1) is 24.5 Å². The highest BCUT2D eigenvalue weighted by atomic mass is 16.5. The number of rotatable bonds is 8. The number of nitrogens with zero attached hydrogens (tertiary/aromatic N) is 2. The average Bonchev–Trinajstić information content (AvgIpc) is 2.61. The number of ether oxygens (including phenoxy) is 2. The lowest BCUT2D eigenvalue weighted by Gasteiger charge is -2.10. The molecule has 0 saturated heterocycles. The summed E-state index contributed by atoms with van der Waals surface area (Å²) in [7, 11) is 1.62. The van der Waals surface area contributed by atoms with E-state index in [4.69, 9.17) is 9.47 Å². The van der Waals surface area contributed by atoms with Crippen LogP contribution in [0, 0.1) is 6.92 Å². The van der Waals surface area contributed by atoms with Crippen LogP contribution in [0.25, 0.3) is 11.4 Å². The van der Waals surface area contributed by atoms with Crippen molar-refractivity contribution in [3.8, 4) is 17.1 Å². The Labute approximate surface area is 148 Å². The lowest BCUT2D eigenvalue weighted by molar-refractivity contribution is 0.0757. The van der Waals surface area contributed by atoms with Crippen LogP contribution in [0.3, 0.4) is 0 Å². The summed E-state index contributed by atoms with van der Waals surface area (Å²) in [6.45, 7) is 6.98. The molecule has 0 radical (unpaired) electrons. The van der Waals surface area contributed by atoms with E-state index in [-0.39, 0.29) is 12.0 Å². The van der Waals surface area contributed by atoms with E-state index < -0.39 is 0 Å². The van der Waals surface area contributed by atoms with Crippen molar-refractivity contribution < 1.29 is 14.3 Å². The third kappa shape index (κ3) is 5.53. The summed E-state index contributed by atoms with van der Waals surface area (Å²) < 4.78 is 10.6. The molecule has 1 N–H and O–H groups in total. The third-order valence-corrected chi connectivity index (χ3v) is 3.63. The molecule has 0 aliphatic heterocycles. The molecule has 1 heterocycles. The van der Waals surface area contributed by atoms with Crippen molar-refractivity contribution >= 4 is 5.91 Å². The maximum Gasteiger partial charge on any atom is 0.254 e. The van der Waals surface area contributed by atoms with Gasteiger partial charge in [-0.3, -0.25) is 4.79 Å². The number of aryl methyl sites for hydroxylation is 1. The van der Waals surface area contributed by atoms with Gasteiger partial charge in [0.1, 0.15) is 5.75 Å². The fraction of sp³-hybridized carbons (Fsp3) is 0.421. The van der Waals surface area contributed by atoms with Crippen LogP contribution in [-0.4, -0.2) is 42.2 Å². The van der Waals surface area contributed by atoms with E-state index in [1.807, 2.05) is 45.0 Å². The highest BCUT2D eigenvalue weighted by Gasteiger charge is 2.12. The Morgan fingerprint density at radius 2 is 1.96 bits per heavy atom. The number of methoxy groups -OCH3 is 1. The van der Waals surface area contributed by atoms with Crippen LogP contribution in [-0.2, 0) is 4.74 Å². The first-order chi connectivity index (χ1) is 12.0. The van der Waals surface area contributed by atoms with Crippen LogP contribution in [0.15, 0.2) is 30.5 Å².